The number of carbonyl (C=O) groups excluding carboxylic acids is 2. The predicted molar refractivity (Wildman–Crippen MR) is 106 cm³/mol. The van der Waals surface area contributed by atoms with Gasteiger partial charge < -0.3 is 24.4 Å². The van der Waals surface area contributed by atoms with Gasteiger partial charge in [0, 0.05) is 13.1 Å². The second-order valence-electron chi connectivity index (χ2n) is 6.55. The Bertz CT molecular complexity index is 1020. The van der Waals surface area contributed by atoms with Crippen LogP contribution in [0.15, 0.2) is 30.3 Å². The Morgan fingerprint density at radius 1 is 1.16 bits per heavy atom. The maximum atomic E-state index is 13.7. The van der Waals surface area contributed by atoms with Crippen LogP contribution in [-0.2, 0) is 9.59 Å². The number of amides is 2. The van der Waals surface area contributed by atoms with Crippen LogP contribution in [0.2, 0.25) is 0 Å². The van der Waals surface area contributed by atoms with E-state index in [2.05, 4.69) is 5.32 Å². The Morgan fingerprint density at radius 3 is 2.65 bits per heavy atom. The molecule has 2 aromatic rings. The largest absolute Gasteiger partial charge is 0.493 e. The standard InChI is InChI=1S/C21H19F3N2O5/c1-26(11-17(27)25-14-5-4-13(22)19(23)20(14)24)18(28)6-3-12-9-15(29-2)21-16(10-12)30-7-8-31-21/h3-6,9-10H,7-8,11H2,1-2H3,(H,25,27). The van der Waals surface area contributed by atoms with E-state index in [-0.39, 0.29) is 0 Å². The second-order valence-corrected chi connectivity index (χ2v) is 6.55. The maximum absolute atomic E-state index is 13.7. The lowest BCUT2D eigenvalue weighted by Crippen LogP contribution is -2.34. The summed E-state index contributed by atoms with van der Waals surface area (Å²) in [6.45, 7) is 0.350. The zero-order chi connectivity index (χ0) is 22.5. The van der Waals surface area contributed by atoms with Crippen molar-refractivity contribution in [2.24, 2.45) is 0 Å². The zero-order valence-corrected chi connectivity index (χ0v) is 16.7. The van der Waals surface area contributed by atoms with Crippen LogP contribution in [0, 0.1) is 17.5 Å². The van der Waals surface area contributed by atoms with Gasteiger partial charge in [-0.25, -0.2) is 13.2 Å². The molecule has 1 aliphatic rings. The molecule has 31 heavy (non-hydrogen) atoms. The van der Waals surface area contributed by atoms with Crippen molar-refractivity contribution in [2.75, 3.05) is 39.2 Å². The molecule has 7 nitrogen and oxygen atoms in total. The Kier molecular flexibility index (Phi) is 6.68. The molecule has 10 heteroatoms. The highest BCUT2D eigenvalue weighted by atomic mass is 19.2. The monoisotopic (exact) mass is 436 g/mol. The fraction of sp³-hybridized carbons (Fsp3) is 0.238. The Balaban J connectivity index is 1.63. The summed E-state index contributed by atoms with van der Waals surface area (Å²) in [5.74, 6) is -4.47. The van der Waals surface area contributed by atoms with Crippen molar-refractivity contribution in [1.29, 1.82) is 0 Å². The minimum absolute atomic E-state index is 0.388. The number of hydrogen-bond acceptors (Lipinski definition) is 5. The van der Waals surface area contributed by atoms with Gasteiger partial charge in [0.25, 0.3) is 0 Å². The van der Waals surface area contributed by atoms with Gasteiger partial charge in [-0.05, 0) is 35.9 Å². The number of fused-ring (bicyclic) bond motifs is 1. The van der Waals surface area contributed by atoms with E-state index in [1.54, 1.807) is 12.1 Å². The Hall–Kier alpha value is -3.69. The van der Waals surface area contributed by atoms with E-state index in [4.69, 9.17) is 14.2 Å². The summed E-state index contributed by atoms with van der Waals surface area (Å²) in [7, 11) is 2.84. The molecule has 2 aromatic carbocycles. The van der Waals surface area contributed by atoms with E-state index >= 15 is 0 Å². The summed E-state index contributed by atoms with van der Waals surface area (Å²) in [5.41, 5.74) is 0.0832. The molecule has 1 aliphatic heterocycles. The Labute approximate surface area is 176 Å². The van der Waals surface area contributed by atoms with Crippen molar-refractivity contribution in [1.82, 2.24) is 4.90 Å². The third-order valence-electron chi connectivity index (χ3n) is 4.33. The molecule has 164 valence electrons. The van der Waals surface area contributed by atoms with Gasteiger partial charge in [0.05, 0.1) is 19.3 Å². The van der Waals surface area contributed by atoms with Gasteiger partial charge in [0.15, 0.2) is 29.0 Å². The number of nitrogens with one attached hydrogen (secondary N) is 1. The average molecular weight is 436 g/mol. The molecule has 0 unspecified atom stereocenters. The van der Waals surface area contributed by atoms with E-state index in [1.165, 1.54) is 26.3 Å². The summed E-state index contributed by atoms with van der Waals surface area (Å²) in [6.07, 6.45) is 2.74. The first kappa shape index (κ1) is 22.0. The quantitative estimate of drug-likeness (QED) is 0.557. The molecule has 0 saturated carbocycles. The number of ether oxygens (including phenoxy) is 3. The van der Waals surface area contributed by atoms with E-state index in [1.807, 2.05) is 0 Å². The van der Waals surface area contributed by atoms with Crippen molar-refractivity contribution < 1.29 is 37.0 Å². The number of rotatable bonds is 6. The van der Waals surface area contributed by atoms with Crippen molar-refractivity contribution in [3.8, 4) is 17.2 Å². The smallest absolute Gasteiger partial charge is 0.246 e. The number of carbonyl (C=O) groups is 2. The van der Waals surface area contributed by atoms with Gasteiger partial charge >= 0.3 is 0 Å². The number of methoxy groups -OCH3 is 1. The summed E-state index contributed by atoms with van der Waals surface area (Å²) in [6, 6.07) is 4.92. The van der Waals surface area contributed by atoms with Crippen LogP contribution in [-0.4, -0.2) is 50.6 Å². The van der Waals surface area contributed by atoms with Crippen LogP contribution < -0.4 is 19.5 Å². The van der Waals surface area contributed by atoms with E-state index in [0.717, 1.165) is 11.0 Å². The maximum Gasteiger partial charge on any atom is 0.246 e. The summed E-state index contributed by atoms with van der Waals surface area (Å²) >= 11 is 0. The first-order valence-corrected chi connectivity index (χ1v) is 9.14. The molecule has 0 aromatic heterocycles. The summed E-state index contributed by atoms with van der Waals surface area (Å²) in [4.78, 5) is 25.4. The Morgan fingerprint density at radius 2 is 1.90 bits per heavy atom. The number of hydrogen-bond donors (Lipinski definition) is 1. The highest BCUT2D eigenvalue weighted by Gasteiger charge is 2.19. The van der Waals surface area contributed by atoms with Crippen molar-refractivity contribution >= 4 is 23.6 Å². The minimum Gasteiger partial charge on any atom is -0.493 e. The molecule has 3 rings (SSSR count). The summed E-state index contributed by atoms with van der Waals surface area (Å²) in [5, 5.41) is 2.10. The van der Waals surface area contributed by atoms with Crippen LogP contribution in [0.5, 0.6) is 17.2 Å². The lowest BCUT2D eigenvalue weighted by molar-refractivity contribution is -0.129. The number of nitrogens with zero attached hydrogens (tertiary/aromatic N) is 1. The van der Waals surface area contributed by atoms with E-state index in [9.17, 15) is 22.8 Å². The molecule has 0 atom stereocenters. The normalized spacial score (nSPS) is 12.5. The van der Waals surface area contributed by atoms with Crippen molar-refractivity contribution in [3.63, 3.8) is 0 Å². The molecule has 0 bridgehead atoms. The van der Waals surface area contributed by atoms with Crippen LogP contribution in [0.25, 0.3) is 6.08 Å². The number of benzene rings is 2. The lowest BCUT2D eigenvalue weighted by Gasteiger charge is -2.21. The topological polar surface area (TPSA) is 77.1 Å². The van der Waals surface area contributed by atoms with Crippen molar-refractivity contribution in [2.45, 2.75) is 0 Å². The molecule has 2 amide bonds. The minimum atomic E-state index is -1.69. The molecule has 0 saturated heterocycles. The third kappa shape index (κ3) is 5.08. The second kappa shape index (κ2) is 9.41. The molecular formula is C21H19F3N2O5. The molecule has 1 N–H and O–H groups in total. The molecule has 0 radical (unpaired) electrons. The van der Waals surface area contributed by atoms with Gasteiger partial charge in [0.2, 0.25) is 17.6 Å². The predicted octanol–water partition coefficient (Wildman–Crippen LogP) is 2.99. The summed E-state index contributed by atoms with van der Waals surface area (Å²) < 4.78 is 56.2. The molecule has 0 spiro atoms. The van der Waals surface area contributed by atoms with Crippen LogP contribution in [0.4, 0.5) is 18.9 Å². The molecular weight excluding hydrogens is 417 g/mol. The van der Waals surface area contributed by atoms with E-state index < -0.39 is 41.5 Å². The zero-order valence-electron chi connectivity index (χ0n) is 16.7. The number of likely N-dealkylation sites (N-methyl/N-ethyl adjacent to an activating group) is 1. The van der Waals surface area contributed by atoms with Gasteiger partial charge in [0.1, 0.15) is 13.2 Å². The van der Waals surface area contributed by atoms with Crippen LogP contribution >= 0.6 is 0 Å². The third-order valence-corrected chi connectivity index (χ3v) is 4.33. The fourth-order valence-electron chi connectivity index (χ4n) is 2.79. The van der Waals surface area contributed by atoms with Gasteiger partial charge in [-0.3, -0.25) is 9.59 Å². The average Bonchev–Trinajstić information content (AvgIpc) is 2.77. The molecule has 1 heterocycles. The van der Waals surface area contributed by atoms with Gasteiger partial charge in [-0.2, -0.15) is 0 Å². The van der Waals surface area contributed by atoms with Crippen LogP contribution in [0.1, 0.15) is 5.56 Å². The fourth-order valence-corrected chi connectivity index (χ4v) is 2.79. The van der Waals surface area contributed by atoms with Crippen LogP contribution in [0.3, 0.4) is 0 Å². The lowest BCUT2D eigenvalue weighted by atomic mass is 10.1. The van der Waals surface area contributed by atoms with Gasteiger partial charge in [-0.15, -0.1) is 0 Å². The van der Waals surface area contributed by atoms with Crippen molar-refractivity contribution in [3.05, 3.63) is 53.4 Å². The highest BCUT2D eigenvalue weighted by Crippen LogP contribution is 2.40. The molecule has 0 fully saturated rings. The first-order chi connectivity index (χ1) is 14.8. The van der Waals surface area contributed by atoms with Gasteiger partial charge in [-0.1, -0.05) is 0 Å². The number of anilines is 1. The van der Waals surface area contributed by atoms with E-state index in [0.29, 0.717) is 42.1 Å². The SMILES string of the molecule is COc1cc(C=CC(=O)N(C)CC(=O)Nc2ccc(F)c(F)c2F)cc2c1OCCO2. The highest BCUT2D eigenvalue weighted by molar-refractivity contribution is 5.98. The first-order valence-electron chi connectivity index (χ1n) is 9.14. The number of halogens is 3. The molecule has 0 aliphatic carbocycles.